The van der Waals surface area contributed by atoms with Crippen LogP contribution < -0.4 is 11.2 Å². The minimum atomic E-state index is 0.662. The summed E-state index contributed by atoms with van der Waals surface area (Å²) in [6.45, 7) is 0. The van der Waals surface area contributed by atoms with Crippen LogP contribution in [0.4, 0.5) is 11.4 Å². The van der Waals surface area contributed by atoms with Gasteiger partial charge in [0.25, 0.3) is 0 Å². The molecule has 4 N–H and O–H groups in total. The molecule has 2 rings (SSSR count). The predicted octanol–water partition coefficient (Wildman–Crippen LogP) is 2.74. The quantitative estimate of drug-likeness (QED) is 0.516. The van der Waals surface area contributed by atoms with E-state index in [4.69, 9.17) is 10.9 Å². The summed E-state index contributed by atoms with van der Waals surface area (Å²) < 4.78 is 0. The van der Waals surface area contributed by atoms with E-state index in [1.165, 1.54) is 0 Å². The Hall–Kier alpha value is -2.00. The molecule has 0 amide bonds. The lowest BCUT2D eigenvalue weighted by Crippen LogP contribution is -1.89. The zero-order valence-electron chi connectivity index (χ0n) is 8.14. The molecule has 3 heteroatoms. The first-order valence-electron chi connectivity index (χ1n) is 4.66. The minimum Gasteiger partial charge on any atom is -0.399 e. The van der Waals surface area contributed by atoms with Crippen LogP contribution in [0, 0.1) is 0 Å². The van der Waals surface area contributed by atoms with Crippen LogP contribution in [-0.4, -0.2) is 5.21 Å². The minimum absolute atomic E-state index is 0.662. The molecule has 0 spiro atoms. The maximum Gasteiger partial charge on any atom is 0.0608 e. The molecule has 2 aromatic rings. The molecule has 2 aromatic carbocycles. The van der Waals surface area contributed by atoms with E-state index in [-0.39, 0.29) is 0 Å². The van der Waals surface area contributed by atoms with Gasteiger partial charge in [0.15, 0.2) is 0 Å². The van der Waals surface area contributed by atoms with E-state index in [0.29, 0.717) is 5.69 Å². The Kier molecular flexibility index (Phi) is 2.56. The number of nitrogens with two attached hydrogens (primary N) is 1. The Balaban J connectivity index is 2.44. The van der Waals surface area contributed by atoms with Gasteiger partial charge in [-0.15, -0.1) is 0 Å². The maximum atomic E-state index is 8.79. The van der Waals surface area contributed by atoms with E-state index in [1.54, 1.807) is 6.07 Å². The zero-order chi connectivity index (χ0) is 10.7. The van der Waals surface area contributed by atoms with Gasteiger partial charge in [0.05, 0.1) is 5.69 Å². The first kappa shape index (κ1) is 9.55. The highest BCUT2D eigenvalue weighted by Gasteiger charge is 1.98. The molecule has 0 aliphatic heterocycles. The van der Waals surface area contributed by atoms with Crippen molar-refractivity contribution in [2.24, 2.45) is 0 Å². The molecule has 0 aromatic heterocycles. The largest absolute Gasteiger partial charge is 0.399 e. The van der Waals surface area contributed by atoms with E-state index in [1.807, 2.05) is 42.5 Å². The van der Waals surface area contributed by atoms with Crippen LogP contribution >= 0.6 is 0 Å². The smallest absolute Gasteiger partial charge is 0.0608 e. The Morgan fingerprint density at radius 3 is 2.27 bits per heavy atom. The van der Waals surface area contributed by atoms with Gasteiger partial charge in [0.2, 0.25) is 0 Å². The number of nitrogen functional groups attached to an aromatic ring is 1. The fourth-order valence-electron chi connectivity index (χ4n) is 1.49. The van der Waals surface area contributed by atoms with Gasteiger partial charge < -0.3 is 5.73 Å². The zero-order valence-corrected chi connectivity index (χ0v) is 8.14. The van der Waals surface area contributed by atoms with E-state index < -0.39 is 0 Å². The fraction of sp³-hybridized carbons (Fsp3) is 0. The second kappa shape index (κ2) is 4.02. The molecular weight excluding hydrogens is 188 g/mol. The molecule has 0 bridgehead atoms. The lowest BCUT2D eigenvalue weighted by Gasteiger charge is -2.05. The number of benzene rings is 2. The third-order valence-corrected chi connectivity index (χ3v) is 2.21. The highest BCUT2D eigenvalue weighted by atomic mass is 16.5. The van der Waals surface area contributed by atoms with Gasteiger partial charge in [-0.1, -0.05) is 24.3 Å². The molecule has 0 aliphatic rings. The average Bonchev–Trinajstić information content (AvgIpc) is 2.29. The van der Waals surface area contributed by atoms with Crippen molar-refractivity contribution in [3.63, 3.8) is 0 Å². The number of rotatable bonds is 2. The van der Waals surface area contributed by atoms with E-state index in [2.05, 4.69) is 5.48 Å². The van der Waals surface area contributed by atoms with Crippen LogP contribution in [0.25, 0.3) is 11.1 Å². The van der Waals surface area contributed by atoms with Gasteiger partial charge in [-0.05, 0) is 35.4 Å². The summed E-state index contributed by atoms with van der Waals surface area (Å²) in [4.78, 5) is 0. The second-order valence-electron chi connectivity index (χ2n) is 3.32. The lowest BCUT2D eigenvalue weighted by molar-refractivity contribution is 0.389. The SMILES string of the molecule is Nc1cccc(-c2cccc(NO)c2)c1. The van der Waals surface area contributed by atoms with Crippen molar-refractivity contribution in [3.8, 4) is 11.1 Å². The topological polar surface area (TPSA) is 58.3 Å². The maximum absolute atomic E-state index is 8.79. The van der Waals surface area contributed by atoms with Crippen molar-refractivity contribution in [1.82, 2.24) is 0 Å². The van der Waals surface area contributed by atoms with Crippen molar-refractivity contribution in [2.45, 2.75) is 0 Å². The van der Waals surface area contributed by atoms with E-state index in [0.717, 1.165) is 16.8 Å². The Morgan fingerprint density at radius 1 is 0.933 bits per heavy atom. The van der Waals surface area contributed by atoms with Gasteiger partial charge in [-0.2, -0.15) is 0 Å². The Bertz CT molecular complexity index is 469. The average molecular weight is 200 g/mol. The first-order valence-corrected chi connectivity index (χ1v) is 4.66. The van der Waals surface area contributed by atoms with Crippen LogP contribution in [0.1, 0.15) is 0 Å². The normalized spacial score (nSPS) is 9.93. The van der Waals surface area contributed by atoms with E-state index >= 15 is 0 Å². The van der Waals surface area contributed by atoms with Crippen LogP contribution in [0.2, 0.25) is 0 Å². The molecule has 0 unspecified atom stereocenters. The van der Waals surface area contributed by atoms with Crippen molar-refractivity contribution < 1.29 is 5.21 Å². The summed E-state index contributed by atoms with van der Waals surface area (Å²) in [5, 5.41) is 8.79. The lowest BCUT2D eigenvalue weighted by atomic mass is 10.0. The molecule has 0 atom stereocenters. The Morgan fingerprint density at radius 2 is 1.60 bits per heavy atom. The third-order valence-electron chi connectivity index (χ3n) is 2.21. The molecule has 15 heavy (non-hydrogen) atoms. The van der Waals surface area contributed by atoms with Crippen LogP contribution in [0.5, 0.6) is 0 Å². The van der Waals surface area contributed by atoms with Crippen molar-refractivity contribution in [2.75, 3.05) is 11.2 Å². The standard InChI is InChI=1S/C12H12N2O/c13-11-5-1-3-9(7-11)10-4-2-6-12(8-10)14-15/h1-8,14-15H,13H2. The Labute approximate surface area is 88.1 Å². The van der Waals surface area contributed by atoms with Crippen molar-refractivity contribution >= 4 is 11.4 Å². The van der Waals surface area contributed by atoms with Crippen molar-refractivity contribution in [3.05, 3.63) is 48.5 Å². The van der Waals surface area contributed by atoms with Gasteiger partial charge in [-0.3, -0.25) is 10.7 Å². The summed E-state index contributed by atoms with van der Waals surface area (Å²) in [6, 6.07) is 15.1. The third kappa shape index (κ3) is 2.08. The van der Waals surface area contributed by atoms with Crippen molar-refractivity contribution in [1.29, 1.82) is 0 Å². The molecule has 0 radical (unpaired) electrons. The van der Waals surface area contributed by atoms with Gasteiger partial charge in [0.1, 0.15) is 0 Å². The molecular formula is C12H12N2O. The molecule has 0 saturated heterocycles. The summed E-state index contributed by atoms with van der Waals surface area (Å²) in [6.07, 6.45) is 0. The van der Waals surface area contributed by atoms with Crippen LogP contribution in [0.15, 0.2) is 48.5 Å². The second-order valence-corrected chi connectivity index (χ2v) is 3.32. The highest BCUT2D eigenvalue weighted by molar-refractivity contribution is 5.70. The monoisotopic (exact) mass is 200 g/mol. The number of nitrogens with one attached hydrogen (secondary N) is 1. The van der Waals surface area contributed by atoms with Crippen LogP contribution in [0.3, 0.4) is 0 Å². The highest BCUT2D eigenvalue weighted by Crippen LogP contribution is 2.23. The summed E-state index contributed by atoms with van der Waals surface area (Å²) in [5.74, 6) is 0. The molecule has 76 valence electrons. The number of hydrogen-bond acceptors (Lipinski definition) is 3. The predicted molar refractivity (Wildman–Crippen MR) is 61.7 cm³/mol. The molecule has 3 nitrogen and oxygen atoms in total. The van der Waals surface area contributed by atoms with Gasteiger partial charge >= 0.3 is 0 Å². The van der Waals surface area contributed by atoms with Crippen LogP contribution in [-0.2, 0) is 0 Å². The molecule has 0 aliphatic carbocycles. The molecule has 0 fully saturated rings. The van der Waals surface area contributed by atoms with Gasteiger partial charge in [0, 0.05) is 5.69 Å². The molecule has 0 saturated carbocycles. The molecule has 0 heterocycles. The number of anilines is 2. The fourth-order valence-corrected chi connectivity index (χ4v) is 1.49. The first-order chi connectivity index (χ1) is 7.29. The summed E-state index contributed by atoms with van der Waals surface area (Å²) >= 11 is 0. The van der Waals surface area contributed by atoms with Gasteiger partial charge in [-0.25, -0.2) is 0 Å². The van der Waals surface area contributed by atoms with E-state index in [9.17, 15) is 0 Å². The summed E-state index contributed by atoms with van der Waals surface area (Å²) in [7, 11) is 0. The number of hydrogen-bond donors (Lipinski definition) is 3. The summed E-state index contributed by atoms with van der Waals surface area (Å²) in [5.41, 5.74) is 11.3.